The molecule has 0 saturated heterocycles. The van der Waals surface area contributed by atoms with Crippen molar-refractivity contribution in [3.05, 3.63) is 81.4 Å². The molecule has 0 spiro atoms. The molecule has 35 heavy (non-hydrogen) atoms. The summed E-state index contributed by atoms with van der Waals surface area (Å²) in [7, 11) is 1.54. The van der Waals surface area contributed by atoms with E-state index in [0.29, 0.717) is 11.1 Å². The number of esters is 1. The number of carbonyl (C=O) groups is 3. The van der Waals surface area contributed by atoms with Gasteiger partial charge in [0.2, 0.25) is 0 Å². The van der Waals surface area contributed by atoms with E-state index in [1.165, 1.54) is 49.2 Å². The molecule has 2 atom stereocenters. The standard InChI is InChI=1S/C26H30N2O7/c1-17(27(6)25(31)35-26(3,4)5)23(20-12-8-7-9-13-20)34-24(30)22(18(2)29)16-19-11-10-14-21(15-19)28(32)33/h7-17,23H,1-6H3. The molecular weight excluding hydrogens is 452 g/mol. The molecule has 186 valence electrons. The fourth-order valence-electron chi connectivity index (χ4n) is 3.17. The van der Waals surface area contributed by atoms with Crippen LogP contribution in [0.2, 0.25) is 0 Å². The van der Waals surface area contributed by atoms with E-state index in [9.17, 15) is 24.5 Å². The third kappa shape index (κ3) is 7.77. The number of Topliss-reactive ketones (excluding diaryl/α,β-unsaturated/α-hetero) is 1. The second-order valence-corrected chi connectivity index (χ2v) is 9.03. The van der Waals surface area contributed by atoms with Crippen LogP contribution in [-0.4, -0.2) is 46.4 Å². The summed E-state index contributed by atoms with van der Waals surface area (Å²) in [5.41, 5.74) is -0.255. The van der Waals surface area contributed by atoms with Crippen LogP contribution in [0.25, 0.3) is 6.08 Å². The number of hydrogen-bond donors (Lipinski definition) is 0. The first-order valence-corrected chi connectivity index (χ1v) is 11.0. The highest BCUT2D eigenvalue weighted by molar-refractivity contribution is 6.19. The van der Waals surface area contributed by atoms with Gasteiger partial charge in [0.1, 0.15) is 17.3 Å². The van der Waals surface area contributed by atoms with E-state index in [1.54, 1.807) is 58.0 Å². The molecule has 0 aliphatic rings. The number of nitro groups is 1. The normalized spacial score (nSPS) is 13.4. The van der Waals surface area contributed by atoms with Crippen LogP contribution in [0.5, 0.6) is 0 Å². The van der Waals surface area contributed by atoms with Gasteiger partial charge in [-0.15, -0.1) is 0 Å². The van der Waals surface area contributed by atoms with E-state index in [0.717, 1.165) is 0 Å². The predicted octanol–water partition coefficient (Wildman–Crippen LogP) is 5.11. The monoisotopic (exact) mass is 482 g/mol. The number of rotatable bonds is 8. The average molecular weight is 483 g/mol. The molecule has 9 heteroatoms. The van der Waals surface area contributed by atoms with Gasteiger partial charge in [0.05, 0.1) is 11.0 Å². The molecule has 0 radical (unpaired) electrons. The van der Waals surface area contributed by atoms with Crippen molar-refractivity contribution in [2.24, 2.45) is 0 Å². The van der Waals surface area contributed by atoms with E-state index in [2.05, 4.69) is 0 Å². The summed E-state index contributed by atoms with van der Waals surface area (Å²) in [4.78, 5) is 49.9. The van der Waals surface area contributed by atoms with E-state index >= 15 is 0 Å². The van der Waals surface area contributed by atoms with Gasteiger partial charge in [-0.3, -0.25) is 14.9 Å². The van der Waals surface area contributed by atoms with Gasteiger partial charge < -0.3 is 14.4 Å². The third-order valence-corrected chi connectivity index (χ3v) is 5.08. The van der Waals surface area contributed by atoms with Crippen molar-refractivity contribution in [3.8, 4) is 0 Å². The Balaban J connectivity index is 2.40. The largest absolute Gasteiger partial charge is 0.452 e. The summed E-state index contributed by atoms with van der Waals surface area (Å²) in [5, 5.41) is 11.1. The molecule has 0 bridgehead atoms. The molecule has 0 saturated carbocycles. The van der Waals surface area contributed by atoms with Gasteiger partial charge >= 0.3 is 12.1 Å². The summed E-state index contributed by atoms with van der Waals surface area (Å²) in [6.45, 7) is 8.15. The van der Waals surface area contributed by atoms with Crippen LogP contribution < -0.4 is 0 Å². The summed E-state index contributed by atoms with van der Waals surface area (Å²) in [5.74, 6) is -1.48. The number of ether oxygens (including phenoxy) is 2. The number of nitro benzene ring substituents is 1. The van der Waals surface area contributed by atoms with Gasteiger partial charge in [-0.05, 0) is 51.8 Å². The van der Waals surface area contributed by atoms with Crippen LogP contribution in [0.4, 0.5) is 10.5 Å². The Labute approximate surface area is 204 Å². The Kier molecular flexibility index (Phi) is 8.88. The summed E-state index contributed by atoms with van der Waals surface area (Å²) < 4.78 is 11.2. The number of carbonyl (C=O) groups excluding carboxylic acids is 3. The van der Waals surface area contributed by atoms with E-state index in [-0.39, 0.29) is 11.3 Å². The van der Waals surface area contributed by atoms with Gasteiger partial charge in [0, 0.05) is 19.2 Å². The highest BCUT2D eigenvalue weighted by Gasteiger charge is 2.33. The Hall–Kier alpha value is -4.01. The van der Waals surface area contributed by atoms with Crippen LogP contribution in [0.1, 0.15) is 51.8 Å². The first-order valence-electron chi connectivity index (χ1n) is 11.0. The van der Waals surface area contributed by atoms with Gasteiger partial charge in [-0.1, -0.05) is 42.5 Å². The van der Waals surface area contributed by atoms with Crippen molar-refractivity contribution in [1.82, 2.24) is 4.90 Å². The predicted molar refractivity (Wildman–Crippen MR) is 130 cm³/mol. The van der Waals surface area contributed by atoms with Crippen molar-refractivity contribution < 1.29 is 28.8 Å². The smallest absolute Gasteiger partial charge is 0.410 e. The van der Waals surface area contributed by atoms with Gasteiger partial charge in [-0.25, -0.2) is 9.59 Å². The number of nitrogens with zero attached hydrogens (tertiary/aromatic N) is 2. The topological polar surface area (TPSA) is 116 Å². The summed E-state index contributed by atoms with van der Waals surface area (Å²) in [6.07, 6.45) is -0.267. The van der Waals surface area contributed by atoms with Crippen LogP contribution in [0.3, 0.4) is 0 Å². The quantitative estimate of drug-likeness (QED) is 0.128. The molecule has 2 rings (SSSR count). The average Bonchev–Trinajstić information content (AvgIpc) is 2.79. The van der Waals surface area contributed by atoms with Crippen molar-refractivity contribution in [1.29, 1.82) is 0 Å². The molecule has 0 heterocycles. The zero-order chi connectivity index (χ0) is 26.3. The molecule has 2 aromatic carbocycles. The van der Waals surface area contributed by atoms with Crippen LogP contribution in [0, 0.1) is 10.1 Å². The molecule has 0 fully saturated rings. The Morgan fingerprint density at radius 2 is 1.69 bits per heavy atom. The fraction of sp³-hybridized carbons (Fsp3) is 0.346. The number of benzene rings is 2. The molecule has 2 unspecified atom stereocenters. The number of hydrogen-bond acceptors (Lipinski definition) is 7. The third-order valence-electron chi connectivity index (χ3n) is 5.08. The maximum absolute atomic E-state index is 13.1. The number of ketones is 1. The molecule has 0 aliphatic carbocycles. The zero-order valence-electron chi connectivity index (χ0n) is 20.7. The minimum absolute atomic E-state index is 0.176. The SMILES string of the molecule is CC(=O)C(=Cc1cccc([N+](=O)[O-])c1)C(=O)OC(c1ccccc1)C(C)N(C)C(=O)OC(C)(C)C. The lowest BCUT2D eigenvalue weighted by Crippen LogP contribution is -2.43. The van der Waals surface area contributed by atoms with Gasteiger partial charge in [0.25, 0.3) is 5.69 Å². The molecular formula is C26H30N2O7. The van der Waals surface area contributed by atoms with Crippen LogP contribution >= 0.6 is 0 Å². The number of likely N-dealkylation sites (N-methyl/N-ethyl adjacent to an activating group) is 1. The minimum atomic E-state index is -0.922. The van der Waals surface area contributed by atoms with Crippen LogP contribution in [0.15, 0.2) is 60.2 Å². The molecule has 1 amide bonds. The zero-order valence-corrected chi connectivity index (χ0v) is 20.7. The Morgan fingerprint density at radius 1 is 1.06 bits per heavy atom. The highest BCUT2D eigenvalue weighted by Crippen LogP contribution is 2.27. The maximum Gasteiger partial charge on any atom is 0.410 e. The highest BCUT2D eigenvalue weighted by atomic mass is 16.6. The van der Waals surface area contributed by atoms with E-state index < -0.39 is 40.5 Å². The van der Waals surface area contributed by atoms with Gasteiger partial charge in [-0.2, -0.15) is 0 Å². The summed E-state index contributed by atoms with van der Waals surface area (Å²) >= 11 is 0. The second-order valence-electron chi connectivity index (χ2n) is 9.03. The molecule has 0 N–H and O–H groups in total. The minimum Gasteiger partial charge on any atom is -0.452 e. The molecule has 0 aliphatic heterocycles. The Morgan fingerprint density at radius 3 is 2.23 bits per heavy atom. The van der Waals surface area contributed by atoms with Gasteiger partial charge in [0.15, 0.2) is 5.78 Å². The lowest BCUT2D eigenvalue weighted by Gasteiger charge is -2.33. The fourth-order valence-corrected chi connectivity index (χ4v) is 3.17. The van der Waals surface area contributed by atoms with Crippen molar-refractivity contribution in [2.45, 2.75) is 52.4 Å². The molecule has 2 aromatic rings. The maximum atomic E-state index is 13.1. The van der Waals surface area contributed by atoms with E-state index in [1.807, 2.05) is 0 Å². The summed E-state index contributed by atoms with van der Waals surface area (Å²) in [6, 6.07) is 13.7. The van der Waals surface area contributed by atoms with E-state index in [4.69, 9.17) is 9.47 Å². The first-order chi connectivity index (χ1) is 16.3. The molecule has 0 aromatic heterocycles. The lowest BCUT2D eigenvalue weighted by atomic mass is 10.0. The van der Waals surface area contributed by atoms with Crippen LogP contribution in [-0.2, 0) is 19.1 Å². The first kappa shape index (κ1) is 27.2. The van der Waals surface area contributed by atoms with Crippen molar-refractivity contribution in [3.63, 3.8) is 0 Å². The van der Waals surface area contributed by atoms with Crippen molar-refractivity contribution >= 4 is 29.6 Å². The Bertz CT molecular complexity index is 1120. The second kappa shape index (κ2) is 11.4. The van der Waals surface area contributed by atoms with Crippen molar-refractivity contribution in [2.75, 3.05) is 7.05 Å². The number of non-ortho nitro benzene ring substituents is 1. The lowest BCUT2D eigenvalue weighted by molar-refractivity contribution is -0.384. The number of amides is 1. The molecule has 9 nitrogen and oxygen atoms in total.